The number of ether oxygens (including phenoxy) is 1. The first-order valence-corrected chi connectivity index (χ1v) is 8.04. The Kier molecular flexibility index (Phi) is 5.18. The van der Waals surface area contributed by atoms with Crippen molar-refractivity contribution < 1.29 is 9.13 Å². The number of hydrogen-bond donors (Lipinski definition) is 1. The third-order valence-electron chi connectivity index (χ3n) is 3.29. The van der Waals surface area contributed by atoms with Crippen LogP contribution in [0.5, 0.6) is 5.75 Å². The van der Waals surface area contributed by atoms with Crippen molar-refractivity contribution in [3.63, 3.8) is 0 Å². The van der Waals surface area contributed by atoms with Gasteiger partial charge in [0, 0.05) is 24.4 Å². The molecule has 0 aliphatic carbocycles. The summed E-state index contributed by atoms with van der Waals surface area (Å²) in [6, 6.07) is 13.7. The minimum Gasteiger partial charge on any atom is -0.487 e. The molecular weight excluding hydrogens is 319 g/mol. The fraction of sp³-hybridized carbons (Fsp3) is 0.211. The van der Waals surface area contributed by atoms with Crippen molar-refractivity contribution in [2.75, 3.05) is 5.32 Å². The maximum absolute atomic E-state index is 13.3. The lowest BCUT2D eigenvalue weighted by Crippen LogP contribution is -2.13. The predicted molar refractivity (Wildman–Crippen MR) is 94.8 cm³/mol. The van der Waals surface area contributed by atoms with Crippen molar-refractivity contribution in [1.82, 2.24) is 15.0 Å². The third-order valence-corrected chi connectivity index (χ3v) is 3.29. The molecule has 2 aromatic heterocycles. The Bertz CT molecular complexity index is 840. The van der Waals surface area contributed by atoms with E-state index in [9.17, 15) is 4.39 Å². The van der Waals surface area contributed by atoms with Gasteiger partial charge in [-0.3, -0.25) is 4.98 Å². The summed E-state index contributed by atoms with van der Waals surface area (Å²) in [5.74, 6) is 1.33. The van der Waals surface area contributed by atoms with Gasteiger partial charge in [0.25, 0.3) is 0 Å². The maximum Gasteiger partial charge on any atom is 0.180 e. The predicted octanol–water partition coefficient (Wildman–Crippen LogP) is 4.08. The Labute approximate surface area is 145 Å². The first-order chi connectivity index (χ1) is 12.1. The Morgan fingerprint density at radius 2 is 1.96 bits per heavy atom. The largest absolute Gasteiger partial charge is 0.487 e. The molecule has 3 rings (SSSR count). The molecule has 1 N–H and O–H groups in total. The molecule has 3 aromatic rings. The van der Waals surface area contributed by atoms with Crippen molar-refractivity contribution in [3.8, 4) is 17.3 Å². The van der Waals surface area contributed by atoms with Gasteiger partial charge in [0.1, 0.15) is 29.7 Å². The summed E-state index contributed by atoms with van der Waals surface area (Å²) in [4.78, 5) is 13.3. The fourth-order valence-electron chi connectivity index (χ4n) is 2.26. The molecule has 0 fully saturated rings. The number of benzene rings is 1. The molecule has 25 heavy (non-hydrogen) atoms. The molecule has 0 saturated heterocycles. The van der Waals surface area contributed by atoms with Crippen LogP contribution in [0, 0.1) is 5.82 Å². The average molecular weight is 338 g/mol. The number of halogens is 1. The highest BCUT2D eigenvalue weighted by molar-refractivity contribution is 5.53. The SMILES string of the molecule is CC(C)Nc1cc(COc2cccc(F)c2)nc(-c2ccccn2)n1. The second-order valence-electron chi connectivity index (χ2n) is 5.83. The van der Waals surface area contributed by atoms with Crippen LogP contribution in [0.3, 0.4) is 0 Å². The van der Waals surface area contributed by atoms with Crippen LogP contribution in [0.25, 0.3) is 11.5 Å². The van der Waals surface area contributed by atoms with E-state index in [1.165, 1.54) is 12.1 Å². The minimum atomic E-state index is -0.337. The second-order valence-corrected chi connectivity index (χ2v) is 5.83. The van der Waals surface area contributed by atoms with Gasteiger partial charge in [-0.2, -0.15) is 0 Å². The van der Waals surface area contributed by atoms with Gasteiger partial charge in [0.05, 0.1) is 5.69 Å². The summed E-state index contributed by atoms with van der Waals surface area (Å²) >= 11 is 0. The van der Waals surface area contributed by atoms with Gasteiger partial charge in [0.15, 0.2) is 5.82 Å². The molecular formula is C19H19FN4O. The highest BCUT2D eigenvalue weighted by Gasteiger charge is 2.09. The Hall–Kier alpha value is -3.02. The van der Waals surface area contributed by atoms with Crippen LogP contribution in [0.4, 0.5) is 10.2 Å². The number of aromatic nitrogens is 3. The molecule has 6 heteroatoms. The zero-order chi connectivity index (χ0) is 17.6. The maximum atomic E-state index is 13.3. The van der Waals surface area contributed by atoms with E-state index in [1.54, 1.807) is 18.3 Å². The molecule has 2 heterocycles. The Morgan fingerprint density at radius 1 is 1.08 bits per heavy atom. The van der Waals surface area contributed by atoms with Gasteiger partial charge >= 0.3 is 0 Å². The van der Waals surface area contributed by atoms with Crippen molar-refractivity contribution in [1.29, 1.82) is 0 Å². The summed E-state index contributed by atoms with van der Waals surface area (Å²) in [5, 5.41) is 3.27. The van der Waals surface area contributed by atoms with E-state index in [-0.39, 0.29) is 18.5 Å². The number of nitrogens with zero attached hydrogens (tertiary/aromatic N) is 3. The monoisotopic (exact) mass is 338 g/mol. The molecule has 0 spiro atoms. The van der Waals surface area contributed by atoms with Gasteiger partial charge < -0.3 is 10.1 Å². The Balaban J connectivity index is 1.86. The number of anilines is 1. The van der Waals surface area contributed by atoms with Gasteiger partial charge in [-0.1, -0.05) is 12.1 Å². The molecule has 1 aromatic carbocycles. The van der Waals surface area contributed by atoms with Gasteiger partial charge in [0.2, 0.25) is 0 Å². The minimum absolute atomic E-state index is 0.207. The zero-order valence-electron chi connectivity index (χ0n) is 14.1. The van der Waals surface area contributed by atoms with E-state index in [1.807, 2.05) is 38.1 Å². The third kappa shape index (κ3) is 4.73. The summed E-state index contributed by atoms with van der Waals surface area (Å²) in [6.07, 6.45) is 1.70. The second kappa shape index (κ2) is 7.70. The van der Waals surface area contributed by atoms with Crippen LogP contribution in [-0.2, 0) is 6.61 Å². The highest BCUT2D eigenvalue weighted by atomic mass is 19.1. The number of nitrogens with one attached hydrogen (secondary N) is 1. The molecule has 128 valence electrons. The molecule has 0 aliphatic rings. The lowest BCUT2D eigenvalue weighted by atomic mass is 10.3. The smallest absolute Gasteiger partial charge is 0.180 e. The van der Waals surface area contributed by atoms with Crippen molar-refractivity contribution >= 4 is 5.82 Å². The summed E-state index contributed by atoms with van der Waals surface area (Å²) in [7, 11) is 0. The molecule has 0 saturated carbocycles. The normalized spacial score (nSPS) is 10.7. The van der Waals surface area contributed by atoms with Gasteiger partial charge in [-0.15, -0.1) is 0 Å². The van der Waals surface area contributed by atoms with E-state index in [2.05, 4.69) is 20.3 Å². The number of rotatable bonds is 6. The molecule has 0 unspecified atom stereocenters. The van der Waals surface area contributed by atoms with Crippen LogP contribution in [0.2, 0.25) is 0 Å². The van der Waals surface area contributed by atoms with E-state index in [4.69, 9.17) is 4.74 Å². The lowest BCUT2D eigenvalue weighted by Gasteiger charge is -2.13. The van der Waals surface area contributed by atoms with Crippen LogP contribution < -0.4 is 10.1 Å². The van der Waals surface area contributed by atoms with E-state index >= 15 is 0 Å². The first kappa shape index (κ1) is 16.8. The summed E-state index contributed by atoms with van der Waals surface area (Å²) in [5.41, 5.74) is 1.37. The van der Waals surface area contributed by atoms with E-state index in [0.717, 1.165) is 0 Å². The number of hydrogen-bond acceptors (Lipinski definition) is 5. The number of pyridine rings is 1. The zero-order valence-corrected chi connectivity index (χ0v) is 14.1. The van der Waals surface area contributed by atoms with Crippen molar-refractivity contribution in [3.05, 3.63) is 66.2 Å². The van der Waals surface area contributed by atoms with Crippen LogP contribution in [-0.4, -0.2) is 21.0 Å². The fourth-order valence-corrected chi connectivity index (χ4v) is 2.26. The van der Waals surface area contributed by atoms with Crippen LogP contribution >= 0.6 is 0 Å². The van der Waals surface area contributed by atoms with E-state index in [0.29, 0.717) is 28.8 Å². The highest BCUT2D eigenvalue weighted by Crippen LogP contribution is 2.18. The lowest BCUT2D eigenvalue weighted by molar-refractivity contribution is 0.300. The summed E-state index contributed by atoms with van der Waals surface area (Å²) in [6.45, 7) is 4.27. The molecule has 0 atom stereocenters. The van der Waals surface area contributed by atoms with E-state index < -0.39 is 0 Å². The molecule has 0 bridgehead atoms. The Morgan fingerprint density at radius 3 is 2.68 bits per heavy atom. The molecule has 0 aliphatic heterocycles. The quantitative estimate of drug-likeness (QED) is 0.734. The summed E-state index contributed by atoms with van der Waals surface area (Å²) < 4.78 is 18.9. The van der Waals surface area contributed by atoms with Crippen molar-refractivity contribution in [2.24, 2.45) is 0 Å². The topological polar surface area (TPSA) is 59.9 Å². The van der Waals surface area contributed by atoms with Crippen molar-refractivity contribution in [2.45, 2.75) is 26.5 Å². The molecule has 0 amide bonds. The first-order valence-electron chi connectivity index (χ1n) is 8.04. The van der Waals surface area contributed by atoms with Gasteiger partial charge in [-0.25, -0.2) is 14.4 Å². The molecule has 5 nitrogen and oxygen atoms in total. The van der Waals surface area contributed by atoms with Gasteiger partial charge in [-0.05, 0) is 38.1 Å². The average Bonchev–Trinajstić information content (AvgIpc) is 2.60. The molecule has 0 radical (unpaired) electrons. The standard InChI is InChI=1S/C19H19FN4O/c1-13(2)22-18-11-15(12-25-16-7-5-6-14(20)10-16)23-19(24-18)17-8-3-4-9-21-17/h3-11,13H,12H2,1-2H3,(H,22,23,24). The van der Waals surface area contributed by atoms with Crippen LogP contribution in [0.1, 0.15) is 19.5 Å². The van der Waals surface area contributed by atoms with Crippen LogP contribution in [0.15, 0.2) is 54.7 Å².